The zero-order valence-corrected chi connectivity index (χ0v) is 13.7. The van der Waals surface area contributed by atoms with Gasteiger partial charge < -0.3 is 10.6 Å². The van der Waals surface area contributed by atoms with Crippen LogP contribution in [0, 0.1) is 5.92 Å². The van der Waals surface area contributed by atoms with Crippen molar-refractivity contribution in [2.45, 2.75) is 44.7 Å². The van der Waals surface area contributed by atoms with Gasteiger partial charge in [0.2, 0.25) is 0 Å². The summed E-state index contributed by atoms with van der Waals surface area (Å²) < 4.78 is 1.14. The Morgan fingerprint density at radius 2 is 1.85 bits per heavy atom. The first kappa shape index (κ1) is 13.9. The van der Waals surface area contributed by atoms with Crippen LogP contribution in [0.15, 0.2) is 33.7 Å². The molecule has 0 radical (unpaired) electrons. The molecule has 0 aromatic heterocycles. The summed E-state index contributed by atoms with van der Waals surface area (Å²) in [6.07, 6.45) is 2.47. The van der Waals surface area contributed by atoms with Crippen LogP contribution in [0.2, 0.25) is 0 Å². The fourth-order valence-corrected chi connectivity index (χ4v) is 2.86. The van der Waals surface area contributed by atoms with Crippen LogP contribution in [0.5, 0.6) is 0 Å². The molecule has 2 saturated carbocycles. The summed E-state index contributed by atoms with van der Waals surface area (Å²) in [5, 5.41) is 7.10. The molecule has 2 aliphatic rings. The Labute approximate surface area is 129 Å². The van der Waals surface area contributed by atoms with Crippen LogP contribution in [-0.4, -0.2) is 24.6 Å². The van der Waals surface area contributed by atoms with Crippen LogP contribution in [0.4, 0.5) is 0 Å². The standard InChI is InChI=1S/C16H22BrN3/c1-3-18-16(19-14-8-10(14)2)20-15-9-13(15)11-4-6-12(17)7-5-11/h4-7,10,13-15H,3,8-9H2,1-2H3,(H2,18,19,20). The minimum atomic E-state index is 0.531. The second-order valence-corrected chi connectivity index (χ2v) is 6.85. The number of halogens is 1. The van der Waals surface area contributed by atoms with E-state index in [-0.39, 0.29) is 0 Å². The minimum absolute atomic E-state index is 0.531. The third-order valence-corrected chi connectivity index (χ3v) is 4.69. The zero-order chi connectivity index (χ0) is 14.1. The molecular weight excluding hydrogens is 314 g/mol. The smallest absolute Gasteiger partial charge is 0.191 e. The van der Waals surface area contributed by atoms with Gasteiger partial charge in [0.05, 0.1) is 0 Å². The lowest BCUT2D eigenvalue weighted by Gasteiger charge is -2.12. The fourth-order valence-electron chi connectivity index (χ4n) is 2.60. The fraction of sp³-hybridized carbons (Fsp3) is 0.562. The number of rotatable bonds is 4. The molecule has 3 rings (SSSR count). The molecule has 0 amide bonds. The van der Waals surface area contributed by atoms with Gasteiger partial charge in [-0.25, -0.2) is 0 Å². The predicted molar refractivity (Wildman–Crippen MR) is 87.1 cm³/mol. The molecule has 2 N–H and O–H groups in total. The molecule has 1 aromatic rings. The highest BCUT2D eigenvalue weighted by Gasteiger charge is 2.40. The third kappa shape index (κ3) is 3.35. The molecule has 0 heterocycles. The lowest BCUT2D eigenvalue weighted by atomic mass is 10.1. The largest absolute Gasteiger partial charge is 0.353 e. The highest BCUT2D eigenvalue weighted by atomic mass is 79.9. The van der Waals surface area contributed by atoms with Crippen LogP contribution in [0.1, 0.15) is 38.2 Å². The summed E-state index contributed by atoms with van der Waals surface area (Å²) in [6.45, 7) is 5.19. The monoisotopic (exact) mass is 335 g/mol. The van der Waals surface area contributed by atoms with Crippen molar-refractivity contribution < 1.29 is 0 Å². The first-order chi connectivity index (χ1) is 9.67. The summed E-state index contributed by atoms with van der Waals surface area (Å²) in [7, 11) is 0. The number of nitrogens with zero attached hydrogens (tertiary/aromatic N) is 1. The quantitative estimate of drug-likeness (QED) is 0.654. The third-order valence-electron chi connectivity index (χ3n) is 4.16. The normalized spacial score (nSPS) is 31.9. The van der Waals surface area contributed by atoms with Gasteiger partial charge in [0.25, 0.3) is 0 Å². The van der Waals surface area contributed by atoms with Crippen molar-refractivity contribution >= 4 is 21.9 Å². The molecule has 20 heavy (non-hydrogen) atoms. The second-order valence-electron chi connectivity index (χ2n) is 5.93. The van der Waals surface area contributed by atoms with Crippen molar-refractivity contribution in [3.63, 3.8) is 0 Å². The Morgan fingerprint density at radius 3 is 2.45 bits per heavy atom. The number of hydrogen-bond donors (Lipinski definition) is 2. The Balaban J connectivity index is 1.55. The van der Waals surface area contributed by atoms with Crippen LogP contribution in [0.25, 0.3) is 0 Å². The molecule has 4 atom stereocenters. The number of nitrogens with one attached hydrogen (secondary N) is 2. The van der Waals surface area contributed by atoms with E-state index in [9.17, 15) is 0 Å². The summed E-state index contributed by atoms with van der Waals surface area (Å²) in [6, 6.07) is 9.82. The van der Waals surface area contributed by atoms with Crippen LogP contribution in [0.3, 0.4) is 0 Å². The van der Waals surface area contributed by atoms with E-state index in [4.69, 9.17) is 0 Å². The lowest BCUT2D eigenvalue weighted by molar-refractivity contribution is 0.749. The van der Waals surface area contributed by atoms with Gasteiger partial charge >= 0.3 is 0 Å². The second kappa shape index (κ2) is 5.76. The zero-order valence-electron chi connectivity index (χ0n) is 12.1. The van der Waals surface area contributed by atoms with Gasteiger partial charge in [-0.15, -0.1) is 0 Å². The van der Waals surface area contributed by atoms with E-state index in [1.807, 2.05) is 0 Å². The molecule has 108 valence electrons. The van der Waals surface area contributed by atoms with E-state index >= 15 is 0 Å². The Bertz CT molecular complexity index is 497. The van der Waals surface area contributed by atoms with Crippen molar-refractivity contribution in [3.05, 3.63) is 34.3 Å². The van der Waals surface area contributed by atoms with Gasteiger partial charge in [-0.3, -0.25) is 4.99 Å². The molecule has 0 saturated heterocycles. The number of aliphatic imine (C=N–C) groups is 1. The molecule has 0 spiro atoms. The SMILES string of the molecule is CCN=C(NC1CC1C)NC1CC1c1ccc(Br)cc1. The van der Waals surface area contributed by atoms with Crippen LogP contribution >= 0.6 is 15.9 Å². The number of benzene rings is 1. The maximum absolute atomic E-state index is 4.55. The molecule has 0 bridgehead atoms. The van der Waals surface area contributed by atoms with E-state index < -0.39 is 0 Å². The number of guanidine groups is 1. The number of hydrogen-bond acceptors (Lipinski definition) is 1. The molecule has 0 aliphatic heterocycles. The summed E-state index contributed by atoms with van der Waals surface area (Å²) >= 11 is 3.49. The maximum Gasteiger partial charge on any atom is 0.191 e. The summed E-state index contributed by atoms with van der Waals surface area (Å²) in [5.41, 5.74) is 1.42. The van der Waals surface area contributed by atoms with Crippen molar-refractivity contribution in [3.8, 4) is 0 Å². The maximum atomic E-state index is 4.55. The predicted octanol–water partition coefficient (Wildman–Crippen LogP) is 3.27. The average Bonchev–Trinajstić information content (AvgIpc) is 3.31. The van der Waals surface area contributed by atoms with Crippen LogP contribution < -0.4 is 10.6 Å². The van der Waals surface area contributed by atoms with E-state index in [2.05, 4.69) is 69.7 Å². The average molecular weight is 336 g/mol. The van der Waals surface area contributed by atoms with Crippen molar-refractivity contribution in [2.75, 3.05) is 6.54 Å². The van der Waals surface area contributed by atoms with Gasteiger partial charge in [0, 0.05) is 29.0 Å². The summed E-state index contributed by atoms with van der Waals surface area (Å²) in [5.74, 6) is 2.41. The van der Waals surface area contributed by atoms with E-state index in [0.29, 0.717) is 18.0 Å². The first-order valence-corrected chi connectivity index (χ1v) is 8.29. The first-order valence-electron chi connectivity index (χ1n) is 7.50. The molecule has 4 heteroatoms. The molecular formula is C16H22BrN3. The highest BCUT2D eigenvalue weighted by molar-refractivity contribution is 9.10. The Kier molecular flexibility index (Phi) is 4.01. The molecule has 4 unspecified atom stereocenters. The van der Waals surface area contributed by atoms with E-state index in [1.54, 1.807) is 0 Å². The van der Waals surface area contributed by atoms with Gasteiger partial charge in [-0.2, -0.15) is 0 Å². The van der Waals surface area contributed by atoms with Crippen LogP contribution in [-0.2, 0) is 0 Å². The van der Waals surface area contributed by atoms with Gasteiger partial charge in [0.1, 0.15) is 0 Å². The molecule has 3 nitrogen and oxygen atoms in total. The molecule has 1 aromatic carbocycles. The van der Waals surface area contributed by atoms with E-state index in [0.717, 1.165) is 22.9 Å². The van der Waals surface area contributed by atoms with Gasteiger partial charge in [0.15, 0.2) is 5.96 Å². The van der Waals surface area contributed by atoms with Crippen molar-refractivity contribution in [2.24, 2.45) is 10.9 Å². The Hall–Kier alpha value is -1.03. The van der Waals surface area contributed by atoms with Crippen molar-refractivity contribution in [1.82, 2.24) is 10.6 Å². The van der Waals surface area contributed by atoms with Gasteiger partial charge in [-0.1, -0.05) is 35.0 Å². The minimum Gasteiger partial charge on any atom is -0.353 e. The van der Waals surface area contributed by atoms with Crippen molar-refractivity contribution in [1.29, 1.82) is 0 Å². The highest BCUT2D eigenvalue weighted by Crippen LogP contribution is 2.41. The Morgan fingerprint density at radius 1 is 1.20 bits per heavy atom. The molecule has 2 fully saturated rings. The van der Waals surface area contributed by atoms with Gasteiger partial charge in [-0.05, 0) is 43.4 Å². The van der Waals surface area contributed by atoms with E-state index in [1.165, 1.54) is 18.4 Å². The topological polar surface area (TPSA) is 36.4 Å². The summed E-state index contributed by atoms with van der Waals surface area (Å²) in [4.78, 5) is 4.55. The lowest BCUT2D eigenvalue weighted by Crippen LogP contribution is -2.40. The molecule has 2 aliphatic carbocycles.